The van der Waals surface area contributed by atoms with Gasteiger partial charge in [-0.3, -0.25) is 15.5 Å². The van der Waals surface area contributed by atoms with E-state index in [2.05, 4.69) is 10.5 Å². The van der Waals surface area contributed by atoms with Crippen molar-refractivity contribution < 1.29 is 14.4 Å². The molecule has 0 heterocycles. The molecule has 0 spiro atoms. The summed E-state index contributed by atoms with van der Waals surface area (Å²) in [7, 11) is 3.23. The van der Waals surface area contributed by atoms with Crippen LogP contribution in [0.2, 0.25) is 0 Å². The number of rotatable bonds is 5. The minimum absolute atomic E-state index is 0.0537. The van der Waals surface area contributed by atoms with Gasteiger partial charge in [-0.05, 0) is 49.1 Å². The molecule has 0 saturated carbocycles. The molecule has 1 aliphatic rings. The van der Waals surface area contributed by atoms with Gasteiger partial charge >= 0.3 is 0 Å². The molecular weight excluding hydrogens is 322 g/mol. The molecule has 0 unspecified atom stereocenters. The van der Waals surface area contributed by atoms with E-state index in [0.29, 0.717) is 17.2 Å². The van der Waals surface area contributed by atoms with Crippen molar-refractivity contribution in [3.05, 3.63) is 57.6 Å². The van der Waals surface area contributed by atoms with Crippen molar-refractivity contribution in [1.82, 2.24) is 0 Å². The van der Waals surface area contributed by atoms with Crippen LogP contribution < -0.4 is 14.9 Å². The van der Waals surface area contributed by atoms with Gasteiger partial charge in [0.2, 0.25) is 0 Å². The normalized spacial score (nSPS) is 14.7. The highest BCUT2D eigenvalue weighted by Gasteiger charge is 2.19. The second-order valence-electron chi connectivity index (χ2n) is 5.69. The Labute approximate surface area is 145 Å². The molecule has 130 valence electrons. The third-order valence-electron chi connectivity index (χ3n) is 4.18. The zero-order valence-electron chi connectivity index (χ0n) is 14.1. The number of non-ortho nitro benzene ring substituents is 1. The highest BCUT2D eigenvalue weighted by atomic mass is 16.6. The lowest BCUT2D eigenvalue weighted by molar-refractivity contribution is -0.384. The van der Waals surface area contributed by atoms with Crippen LogP contribution in [0.5, 0.6) is 11.5 Å². The first-order chi connectivity index (χ1) is 12.1. The van der Waals surface area contributed by atoms with Gasteiger partial charge in [0, 0.05) is 17.7 Å². The molecule has 0 aliphatic heterocycles. The van der Waals surface area contributed by atoms with Gasteiger partial charge in [0.1, 0.15) is 0 Å². The van der Waals surface area contributed by atoms with E-state index in [0.717, 1.165) is 30.5 Å². The summed E-state index contributed by atoms with van der Waals surface area (Å²) in [5, 5.41) is 15.2. The first kappa shape index (κ1) is 16.8. The van der Waals surface area contributed by atoms with Gasteiger partial charge in [0.15, 0.2) is 11.5 Å². The molecule has 0 saturated heterocycles. The van der Waals surface area contributed by atoms with Gasteiger partial charge in [-0.25, -0.2) is 0 Å². The smallest absolute Gasteiger partial charge is 0.269 e. The van der Waals surface area contributed by atoms with Crippen molar-refractivity contribution in [3.8, 4) is 11.5 Å². The summed E-state index contributed by atoms with van der Waals surface area (Å²) < 4.78 is 10.7. The number of hydrogen-bond donors (Lipinski definition) is 1. The third-order valence-corrected chi connectivity index (χ3v) is 4.18. The highest BCUT2D eigenvalue weighted by molar-refractivity contribution is 6.03. The third kappa shape index (κ3) is 3.55. The fraction of sp³-hybridized carbons (Fsp3) is 0.278. The number of ether oxygens (including phenoxy) is 2. The van der Waals surface area contributed by atoms with Crippen molar-refractivity contribution >= 4 is 17.1 Å². The van der Waals surface area contributed by atoms with E-state index >= 15 is 0 Å². The summed E-state index contributed by atoms with van der Waals surface area (Å²) >= 11 is 0. The van der Waals surface area contributed by atoms with Crippen molar-refractivity contribution in [3.63, 3.8) is 0 Å². The van der Waals surface area contributed by atoms with Crippen LogP contribution in [-0.4, -0.2) is 24.9 Å². The second-order valence-corrected chi connectivity index (χ2v) is 5.69. The number of nitrogens with one attached hydrogen (secondary N) is 1. The monoisotopic (exact) mass is 341 g/mol. The Morgan fingerprint density at radius 3 is 2.40 bits per heavy atom. The quantitative estimate of drug-likeness (QED) is 0.661. The molecule has 0 bridgehead atoms. The Morgan fingerprint density at radius 1 is 1.08 bits per heavy atom. The molecular formula is C18H19N3O4. The van der Waals surface area contributed by atoms with E-state index in [1.54, 1.807) is 26.4 Å². The first-order valence-electron chi connectivity index (χ1n) is 7.94. The Kier molecular flexibility index (Phi) is 4.83. The molecule has 0 amide bonds. The van der Waals surface area contributed by atoms with Gasteiger partial charge in [-0.2, -0.15) is 5.10 Å². The van der Waals surface area contributed by atoms with E-state index in [4.69, 9.17) is 9.47 Å². The fourth-order valence-corrected chi connectivity index (χ4v) is 2.88. The molecule has 2 aromatic carbocycles. The zero-order chi connectivity index (χ0) is 17.8. The van der Waals surface area contributed by atoms with E-state index in [1.807, 2.05) is 12.1 Å². The SMILES string of the molecule is COc1cc2c(cc1OC)/C(=N\Nc1ccc([N+](=O)[O-])cc1)CCC2. The minimum Gasteiger partial charge on any atom is -0.493 e. The summed E-state index contributed by atoms with van der Waals surface area (Å²) in [5.74, 6) is 1.39. The number of hydrogen-bond acceptors (Lipinski definition) is 6. The Hall–Kier alpha value is -3.09. The maximum atomic E-state index is 10.7. The van der Waals surface area contributed by atoms with Crippen LogP contribution in [0.15, 0.2) is 41.5 Å². The van der Waals surface area contributed by atoms with Gasteiger partial charge in [0.25, 0.3) is 5.69 Å². The number of nitro benzene ring substituents is 1. The molecule has 0 aromatic heterocycles. The number of benzene rings is 2. The highest BCUT2D eigenvalue weighted by Crippen LogP contribution is 2.34. The maximum Gasteiger partial charge on any atom is 0.269 e. The topological polar surface area (TPSA) is 86.0 Å². The average Bonchev–Trinajstić information content (AvgIpc) is 2.65. The lowest BCUT2D eigenvalue weighted by Gasteiger charge is -2.20. The van der Waals surface area contributed by atoms with Gasteiger partial charge < -0.3 is 9.47 Å². The summed E-state index contributed by atoms with van der Waals surface area (Å²) in [6.07, 6.45) is 2.82. The second kappa shape index (κ2) is 7.21. The molecule has 3 rings (SSSR count). The van der Waals surface area contributed by atoms with Gasteiger partial charge in [-0.15, -0.1) is 0 Å². The van der Waals surface area contributed by atoms with Crippen molar-refractivity contribution in [2.24, 2.45) is 5.10 Å². The van der Waals surface area contributed by atoms with E-state index in [-0.39, 0.29) is 5.69 Å². The summed E-state index contributed by atoms with van der Waals surface area (Å²) in [6.45, 7) is 0. The van der Waals surface area contributed by atoms with Crippen LogP contribution >= 0.6 is 0 Å². The predicted molar refractivity (Wildman–Crippen MR) is 95.7 cm³/mol. The first-order valence-corrected chi connectivity index (χ1v) is 7.94. The standard InChI is InChI=1S/C18H19N3O4/c1-24-17-10-12-4-3-5-16(15(12)11-18(17)25-2)20-19-13-6-8-14(9-7-13)21(22)23/h6-11,19H,3-5H2,1-2H3/b20-16-. The van der Waals surface area contributed by atoms with Crippen LogP contribution in [0.4, 0.5) is 11.4 Å². The minimum atomic E-state index is -0.424. The number of aryl methyl sites for hydroxylation is 1. The number of fused-ring (bicyclic) bond motifs is 1. The predicted octanol–water partition coefficient (Wildman–Crippen LogP) is 3.76. The number of nitrogens with zero attached hydrogens (tertiary/aromatic N) is 2. The van der Waals surface area contributed by atoms with Gasteiger partial charge in [0.05, 0.1) is 30.5 Å². The van der Waals surface area contributed by atoms with Crippen LogP contribution in [0.25, 0.3) is 0 Å². The van der Waals surface area contributed by atoms with Crippen LogP contribution in [-0.2, 0) is 6.42 Å². The van der Waals surface area contributed by atoms with E-state index in [9.17, 15) is 10.1 Å². The van der Waals surface area contributed by atoms with E-state index in [1.165, 1.54) is 17.7 Å². The molecule has 1 N–H and O–H groups in total. The molecule has 7 nitrogen and oxygen atoms in total. The Bertz CT molecular complexity index is 816. The molecule has 1 aliphatic carbocycles. The van der Waals surface area contributed by atoms with Crippen LogP contribution in [0, 0.1) is 10.1 Å². The summed E-state index contributed by atoms with van der Waals surface area (Å²) in [4.78, 5) is 10.3. The van der Waals surface area contributed by atoms with E-state index < -0.39 is 4.92 Å². The Balaban J connectivity index is 1.86. The lowest BCUT2D eigenvalue weighted by Crippen LogP contribution is -2.14. The van der Waals surface area contributed by atoms with Crippen molar-refractivity contribution in [2.75, 3.05) is 19.6 Å². The summed E-state index contributed by atoms with van der Waals surface area (Å²) in [5.41, 5.74) is 6.88. The molecule has 0 atom stereocenters. The largest absolute Gasteiger partial charge is 0.493 e. The van der Waals surface area contributed by atoms with Crippen LogP contribution in [0.3, 0.4) is 0 Å². The van der Waals surface area contributed by atoms with Crippen molar-refractivity contribution in [1.29, 1.82) is 0 Å². The van der Waals surface area contributed by atoms with Crippen molar-refractivity contribution in [2.45, 2.75) is 19.3 Å². The average molecular weight is 341 g/mol. The molecule has 25 heavy (non-hydrogen) atoms. The number of nitro groups is 1. The Morgan fingerprint density at radius 2 is 1.76 bits per heavy atom. The number of hydrazone groups is 1. The lowest BCUT2D eigenvalue weighted by atomic mass is 9.89. The molecule has 7 heteroatoms. The number of methoxy groups -OCH3 is 2. The number of anilines is 1. The van der Waals surface area contributed by atoms with Gasteiger partial charge in [-0.1, -0.05) is 0 Å². The zero-order valence-corrected chi connectivity index (χ0v) is 14.1. The molecule has 0 radical (unpaired) electrons. The summed E-state index contributed by atoms with van der Waals surface area (Å²) in [6, 6.07) is 10.1. The maximum absolute atomic E-state index is 10.7. The fourth-order valence-electron chi connectivity index (χ4n) is 2.88. The molecule has 0 fully saturated rings. The molecule has 2 aromatic rings. The van der Waals surface area contributed by atoms with Crippen LogP contribution in [0.1, 0.15) is 24.0 Å².